The molecule has 0 bridgehead atoms. The fourth-order valence-electron chi connectivity index (χ4n) is 3.10. The Labute approximate surface area is 207 Å². The molecular weight excluding hydrogens is 499 g/mol. The van der Waals surface area contributed by atoms with Gasteiger partial charge in [-0.15, -0.1) is 5.10 Å². The monoisotopic (exact) mass is 516 g/mol. The standard InChI is InChI=1S/C21H18ClFN8O3S/c1-3-31(28-20(32)17-10-26-30-35-17)21(33)25-9-14-5-4-12(8-24-14)15-6-13(22)7-16(23)18(15)19-27-11(2)34-29-19/h4-8,10H,3,9H2,1-2H3,(H,25,33)(H,28,32). The molecule has 3 amide bonds. The van der Waals surface area contributed by atoms with Crippen molar-refractivity contribution in [2.24, 2.45) is 0 Å². The summed E-state index contributed by atoms with van der Waals surface area (Å²) in [5, 5.41) is 11.4. The smallest absolute Gasteiger partial charge is 0.336 e. The number of aromatic nitrogens is 5. The Morgan fingerprint density at radius 2 is 2.09 bits per heavy atom. The van der Waals surface area contributed by atoms with Crippen LogP contribution in [0.15, 0.2) is 41.2 Å². The average molecular weight is 517 g/mol. The van der Waals surface area contributed by atoms with Crippen molar-refractivity contribution in [3.63, 3.8) is 0 Å². The van der Waals surface area contributed by atoms with Crippen LogP contribution in [0.4, 0.5) is 9.18 Å². The van der Waals surface area contributed by atoms with Crippen molar-refractivity contribution >= 4 is 35.1 Å². The molecule has 180 valence electrons. The maximum absolute atomic E-state index is 14.8. The van der Waals surface area contributed by atoms with E-state index < -0.39 is 17.8 Å². The highest BCUT2D eigenvalue weighted by molar-refractivity contribution is 7.07. The zero-order chi connectivity index (χ0) is 24.9. The van der Waals surface area contributed by atoms with Gasteiger partial charge in [-0.05, 0) is 42.2 Å². The van der Waals surface area contributed by atoms with Gasteiger partial charge >= 0.3 is 6.03 Å². The van der Waals surface area contributed by atoms with Crippen LogP contribution in [-0.2, 0) is 6.54 Å². The number of pyridine rings is 1. The molecule has 2 N–H and O–H groups in total. The maximum Gasteiger partial charge on any atom is 0.336 e. The number of nitrogens with one attached hydrogen (secondary N) is 2. The van der Waals surface area contributed by atoms with Crippen LogP contribution >= 0.6 is 23.1 Å². The number of amides is 3. The van der Waals surface area contributed by atoms with Gasteiger partial charge in [-0.3, -0.25) is 15.2 Å². The van der Waals surface area contributed by atoms with E-state index in [1.54, 1.807) is 32.0 Å². The number of carbonyl (C=O) groups is 2. The predicted molar refractivity (Wildman–Crippen MR) is 125 cm³/mol. The second kappa shape index (κ2) is 10.5. The number of halogens is 2. The van der Waals surface area contributed by atoms with E-state index in [-0.39, 0.29) is 34.4 Å². The van der Waals surface area contributed by atoms with Gasteiger partial charge in [0.05, 0.1) is 24.0 Å². The Bertz CT molecular complexity index is 1350. The molecule has 0 aliphatic rings. The number of hydrogen-bond donors (Lipinski definition) is 2. The first kappa shape index (κ1) is 24.2. The van der Waals surface area contributed by atoms with Gasteiger partial charge in [0, 0.05) is 30.3 Å². The molecule has 0 saturated carbocycles. The number of hydrogen-bond acceptors (Lipinski definition) is 9. The molecule has 4 aromatic rings. The Morgan fingerprint density at radius 3 is 2.71 bits per heavy atom. The van der Waals surface area contributed by atoms with Crippen molar-refractivity contribution in [3.8, 4) is 22.5 Å². The van der Waals surface area contributed by atoms with Gasteiger partial charge < -0.3 is 9.84 Å². The molecule has 14 heteroatoms. The van der Waals surface area contributed by atoms with E-state index in [1.165, 1.54) is 18.5 Å². The number of nitrogens with zero attached hydrogens (tertiary/aromatic N) is 6. The molecule has 0 fully saturated rings. The molecule has 0 unspecified atom stereocenters. The molecule has 0 radical (unpaired) electrons. The number of urea groups is 1. The molecule has 3 heterocycles. The lowest BCUT2D eigenvalue weighted by molar-refractivity contribution is 0.0835. The summed E-state index contributed by atoms with van der Waals surface area (Å²) < 4.78 is 23.4. The largest absolute Gasteiger partial charge is 0.339 e. The highest BCUT2D eigenvalue weighted by Gasteiger charge is 2.20. The first-order chi connectivity index (χ1) is 16.9. The highest BCUT2D eigenvalue weighted by atomic mass is 35.5. The van der Waals surface area contributed by atoms with Crippen molar-refractivity contribution in [1.82, 2.24) is 40.5 Å². The van der Waals surface area contributed by atoms with E-state index in [9.17, 15) is 14.0 Å². The summed E-state index contributed by atoms with van der Waals surface area (Å²) >= 11 is 7.00. The Balaban J connectivity index is 1.46. The van der Waals surface area contributed by atoms with Crippen LogP contribution in [0.25, 0.3) is 22.5 Å². The summed E-state index contributed by atoms with van der Waals surface area (Å²) in [6.45, 7) is 3.64. The molecular formula is C21H18ClFN8O3S. The third-order valence-electron chi connectivity index (χ3n) is 4.75. The van der Waals surface area contributed by atoms with Crippen molar-refractivity contribution in [1.29, 1.82) is 0 Å². The van der Waals surface area contributed by atoms with E-state index in [4.69, 9.17) is 16.1 Å². The zero-order valence-electron chi connectivity index (χ0n) is 18.5. The summed E-state index contributed by atoms with van der Waals surface area (Å²) in [6, 6.07) is 5.64. The molecule has 4 rings (SSSR count). The molecule has 0 atom stereocenters. The summed E-state index contributed by atoms with van der Waals surface area (Å²) in [4.78, 5) is 33.4. The minimum Gasteiger partial charge on any atom is -0.339 e. The minimum atomic E-state index is -0.597. The molecule has 1 aromatic carbocycles. The van der Waals surface area contributed by atoms with Gasteiger partial charge in [-0.1, -0.05) is 27.3 Å². The van der Waals surface area contributed by atoms with Crippen molar-refractivity contribution < 1.29 is 18.5 Å². The van der Waals surface area contributed by atoms with Gasteiger partial charge in [0.25, 0.3) is 5.91 Å². The van der Waals surface area contributed by atoms with E-state index in [2.05, 4.69) is 35.5 Å². The second-order valence-electron chi connectivity index (χ2n) is 7.11. The van der Waals surface area contributed by atoms with Gasteiger partial charge in [-0.2, -0.15) is 4.98 Å². The van der Waals surface area contributed by atoms with E-state index in [0.717, 1.165) is 16.5 Å². The molecule has 0 aliphatic heterocycles. The third kappa shape index (κ3) is 5.58. The number of rotatable bonds is 6. The topological polar surface area (TPSA) is 139 Å². The summed E-state index contributed by atoms with van der Waals surface area (Å²) in [5.74, 6) is -0.689. The lowest BCUT2D eigenvalue weighted by atomic mass is 9.99. The molecule has 35 heavy (non-hydrogen) atoms. The Hall–Kier alpha value is -3.97. The van der Waals surface area contributed by atoms with Crippen LogP contribution in [-0.4, -0.2) is 48.2 Å². The van der Waals surface area contributed by atoms with Crippen LogP contribution < -0.4 is 10.7 Å². The Kier molecular flexibility index (Phi) is 7.27. The van der Waals surface area contributed by atoms with E-state index in [1.807, 2.05) is 0 Å². The number of hydrazine groups is 1. The van der Waals surface area contributed by atoms with E-state index in [0.29, 0.717) is 22.7 Å². The molecule has 11 nitrogen and oxygen atoms in total. The predicted octanol–water partition coefficient (Wildman–Crippen LogP) is 3.63. The van der Waals surface area contributed by atoms with Crippen molar-refractivity contribution in [2.45, 2.75) is 20.4 Å². The fraction of sp³-hybridized carbons (Fsp3) is 0.190. The Morgan fingerprint density at radius 1 is 1.26 bits per heavy atom. The van der Waals surface area contributed by atoms with E-state index >= 15 is 0 Å². The van der Waals surface area contributed by atoms with Crippen LogP contribution in [0.3, 0.4) is 0 Å². The highest BCUT2D eigenvalue weighted by Crippen LogP contribution is 2.35. The van der Waals surface area contributed by atoms with Crippen molar-refractivity contribution in [2.75, 3.05) is 6.54 Å². The van der Waals surface area contributed by atoms with Crippen LogP contribution in [0.1, 0.15) is 28.2 Å². The molecule has 0 spiro atoms. The van der Waals surface area contributed by atoms with Gasteiger partial charge in [-0.25, -0.2) is 14.2 Å². The maximum atomic E-state index is 14.8. The van der Waals surface area contributed by atoms with Crippen LogP contribution in [0.5, 0.6) is 0 Å². The fourth-order valence-corrected chi connectivity index (χ4v) is 3.71. The van der Waals surface area contributed by atoms with Crippen LogP contribution in [0, 0.1) is 12.7 Å². The van der Waals surface area contributed by atoms with Gasteiger partial charge in [0.15, 0.2) is 0 Å². The summed E-state index contributed by atoms with van der Waals surface area (Å²) in [5.41, 5.74) is 4.18. The molecule has 0 saturated heterocycles. The van der Waals surface area contributed by atoms with Gasteiger partial charge in [0.1, 0.15) is 10.7 Å². The third-order valence-corrected chi connectivity index (χ3v) is 5.63. The van der Waals surface area contributed by atoms with Gasteiger partial charge in [0.2, 0.25) is 11.7 Å². The zero-order valence-corrected chi connectivity index (χ0v) is 20.0. The second-order valence-corrected chi connectivity index (χ2v) is 8.33. The normalized spacial score (nSPS) is 10.7. The van der Waals surface area contributed by atoms with Crippen LogP contribution in [0.2, 0.25) is 5.02 Å². The van der Waals surface area contributed by atoms with Crippen molar-refractivity contribution in [3.05, 3.63) is 64.0 Å². The SMILES string of the molecule is CCN(NC(=O)c1cnns1)C(=O)NCc1ccc(-c2cc(Cl)cc(F)c2-c2noc(C)n2)cn1. The quantitative estimate of drug-likeness (QED) is 0.370. The molecule has 3 aromatic heterocycles. The average Bonchev–Trinajstić information content (AvgIpc) is 3.53. The number of aryl methyl sites for hydroxylation is 1. The summed E-state index contributed by atoms with van der Waals surface area (Å²) in [7, 11) is 0. The summed E-state index contributed by atoms with van der Waals surface area (Å²) in [6.07, 6.45) is 2.84. The first-order valence-corrected chi connectivity index (χ1v) is 11.4. The number of carbonyl (C=O) groups excluding carboxylic acids is 2. The molecule has 0 aliphatic carbocycles. The first-order valence-electron chi connectivity index (χ1n) is 10.2. The lowest BCUT2D eigenvalue weighted by Gasteiger charge is -2.21. The number of benzene rings is 1. The lowest BCUT2D eigenvalue weighted by Crippen LogP contribution is -2.50. The minimum absolute atomic E-state index is 0.0917.